The van der Waals surface area contributed by atoms with Crippen LogP contribution in [-0.2, 0) is 0 Å². The standard InChI is InChI=1S/C27H20Br2ClN3O3/c28-20-9-4-16(5-10-20)14-18-2-1-3-22-25(18)31-32(26(22)17-6-11-21(29)12-7-17)27(34)19-8-13-23(30)24(15-19)33(35)36/h4-15,22,26H,1-3H2/b18-14-/t22-,26-/m1/s1. The normalized spacial score (nSPS) is 20.2. The summed E-state index contributed by atoms with van der Waals surface area (Å²) in [5.41, 5.74) is 3.90. The molecule has 1 heterocycles. The van der Waals surface area contributed by atoms with Gasteiger partial charge in [-0.2, -0.15) is 5.10 Å². The molecule has 1 aliphatic carbocycles. The number of carbonyl (C=O) groups is 1. The summed E-state index contributed by atoms with van der Waals surface area (Å²) in [7, 11) is 0. The monoisotopic (exact) mass is 627 g/mol. The molecule has 182 valence electrons. The van der Waals surface area contributed by atoms with E-state index >= 15 is 0 Å². The molecule has 0 saturated heterocycles. The van der Waals surface area contributed by atoms with Gasteiger partial charge in [-0.15, -0.1) is 0 Å². The zero-order valence-electron chi connectivity index (χ0n) is 18.9. The smallest absolute Gasteiger partial charge is 0.267 e. The van der Waals surface area contributed by atoms with Crippen LogP contribution in [-0.4, -0.2) is 21.6 Å². The van der Waals surface area contributed by atoms with E-state index in [0.717, 1.165) is 50.6 Å². The SMILES string of the molecule is O=C(c1ccc(Cl)c([N+](=O)[O-])c1)N1N=C2/C(=C\c3ccc(Br)cc3)CCC[C@H]2[C@H]1c1ccc(Br)cc1. The summed E-state index contributed by atoms with van der Waals surface area (Å²) in [4.78, 5) is 24.6. The Morgan fingerprint density at radius 3 is 2.39 bits per heavy atom. The van der Waals surface area contributed by atoms with E-state index in [0.29, 0.717) is 0 Å². The van der Waals surface area contributed by atoms with Gasteiger partial charge in [0.15, 0.2) is 0 Å². The molecule has 1 saturated carbocycles. The Morgan fingerprint density at radius 2 is 1.72 bits per heavy atom. The second-order valence-corrected chi connectivity index (χ2v) is 11.0. The van der Waals surface area contributed by atoms with Crippen LogP contribution in [0.1, 0.15) is 46.8 Å². The lowest BCUT2D eigenvalue weighted by atomic mass is 9.77. The van der Waals surface area contributed by atoms with Gasteiger partial charge in [-0.25, -0.2) is 5.01 Å². The van der Waals surface area contributed by atoms with Crippen LogP contribution >= 0.6 is 43.5 Å². The third kappa shape index (κ3) is 4.90. The number of nitro benzene ring substituents is 1. The second-order valence-electron chi connectivity index (χ2n) is 8.77. The first kappa shape index (κ1) is 24.9. The Balaban J connectivity index is 1.59. The van der Waals surface area contributed by atoms with Gasteiger partial charge in [-0.05, 0) is 78.4 Å². The average molecular weight is 630 g/mol. The number of hydrazone groups is 1. The molecule has 2 aliphatic rings. The number of hydrogen-bond donors (Lipinski definition) is 0. The summed E-state index contributed by atoms with van der Waals surface area (Å²) >= 11 is 13.0. The molecule has 9 heteroatoms. The summed E-state index contributed by atoms with van der Waals surface area (Å²) in [5.74, 6) is -0.375. The van der Waals surface area contributed by atoms with Crippen LogP contribution < -0.4 is 0 Å². The number of rotatable bonds is 4. The third-order valence-electron chi connectivity index (χ3n) is 6.52. The average Bonchev–Trinajstić information content (AvgIpc) is 3.26. The lowest BCUT2D eigenvalue weighted by Gasteiger charge is -2.29. The van der Waals surface area contributed by atoms with Gasteiger partial charge in [0.25, 0.3) is 11.6 Å². The molecule has 0 unspecified atom stereocenters. The highest BCUT2D eigenvalue weighted by molar-refractivity contribution is 9.10. The summed E-state index contributed by atoms with van der Waals surface area (Å²) in [6.45, 7) is 0. The van der Waals surface area contributed by atoms with E-state index in [1.54, 1.807) is 0 Å². The van der Waals surface area contributed by atoms with Crippen LogP contribution in [0.5, 0.6) is 0 Å². The molecule has 0 spiro atoms. The molecule has 6 nitrogen and oxygen atoms in total. The predicted octanol–water partition coefficient (Wildman–Crippen LogP) is 8.21. The highest BCUT2D eigenvalue weighted by atomic mass is 79.9. The Kier molecular flexibility index (Phi) is 7.10. The number of amides is 1. The fraction of sp³-hybridized carbons (Fsp3) is 0.185. The molecule has 0 radical (unpaired) electrons. The third-order valence-corrected chi connectivity index (χ3v) is 7.90. The van der Waals surface area contributed by atoms with Crippen molar-refractivity contribution in [3.8, 4) is 0 Å². The van der Waals surface area contributed by atoms with Gasteiger partial charge in [-0.1, -0.05) is 67.7 Å². The molecule has 1 aliphatic heterocycles. The van der Waals surface area contributed by atoms with E-state index in [1.165, 1.54) is 23.2 Å². The van der Waals surface area contributed by atoms with Gasteiger partial charge in [0.05, 0.1) is 16.7 Å². The molecular formula is C27H20Br2ClN3O3. The molecule has 0 bridgehead atoms. The fourth-order valence-electron chi connectivity index (χ4n) is 4.84. The first-order chi connectivity index (χ1) is 17.3. The number of nitrogens with zero attached hydrogens (tertiary/aromatic N) is 3. The van der Waals surface area contributed by atoms with Crippen molar-refractivity contribution in [2.24, 2.45) is 11.0 Å². The highest BCUT2D eigenvalue weighted by Crippen LogP contribution is 2.45. The second kappa shape index (κ2) is 10.3. The fourth-order valence-corrected chi connectivity index (χ4v) is 5.55. The lowest BCUT2D eigenvalue weighted by Crippen LogP contribution is -2.32. The Bertz CT molecular complexity index is 1400. The first-order valence-corrected chi connectivity index (χ1v) is 13.4. The maximum Gasteiger partial charge on any atom is 0.288 e. The van der Waals surface area contributed by atoms with Crippen molar-refractivity contribution in [2.45, 2.75) is 25.3 Å². The maximum absolute atomic E-state index is 13.7. The lowest BCUT2D eigenvalue weighted by molar-refractivity contribution is -0.384. The Labute approximate surface area is 230 Å². The number of halogens is 3. The Hall–Kier alpha value is -2.81. The molecule has 1 amide bonds. The minimum Gasteiger partial charge on any atom is -0.267 e. The van der Waals surface area contributed by atoms with Crippen molar-refractivity contribution in [3.63, 3.8) is 0 Å². The van der Waals surface area contributed by atoms with Crippen LogP contribution in [0.15, 0.2) is 86.3 Å². The minimum atomic E-state index is -0.583. The molecule has 2 atom stereocenters. The summed E-state index contributed by atoms with van der Waals surface area (Å²) in [5, 5.41) is 17.8. The number of carbonyl (C=O) groups excluding carboxylic acids is 1. The zero-order valence-corrected chi connectivity index (χ0v) is 22.8. The van der Waals surface area contributed by atoms with Crippen LogP contribution in [0, 0.1) is 16.0 Å². The molecule has 0 N–H and O–H groups in total. The van der Waals surface area contributed by atoms with Crippen molar-refractivity contribution in [1.29, 1.82) is 0 Å². The van der Waals surface area contributed by atoms with E-state index in [2.05, 4.69) is 37.9 Å². The van der Waals surface area contributed by atoms with Crippen LogP contribution in [0.2, 0.25) is 5.02 Å². The van der Waals surface area contributed by atoms with Crippen LogP contribution in [0.4, 0.5) is 5.69 Å². The van der Waals surface area contributed by atoms with Gasteiger partial charge < -0.3 is 0 Å². The number of fused-ring (bicyclic) bond motifs is 1. The van der Waals surface area contributed by atoms with Crippen molar-refractivity contribution >= 4 is 66.8 Å². The van der Waals surface area contributed by atoms with E-state index in [1.807, 2.05) is 48.5 Å². The van der Waals surface area contributed by atoms with Crippen molar-refractivity contribution in [3.05, 3.63) is 113 Å². The number of hydrogen-bond acceptors (Lipinski definition) is 4. The topological polar surface area (TPSA) is 75.8 Å². The van der Waals surface area contributed by atoms with Gasteiger partial charge in [0.2, 0.25) is 0 Å². The molecule has 0 aromatic heterocycles. The van der Waals surface area contributed by atoms with Gasteiger partial charge in [0, 0.05) is 26.5 Å². The molecule has 3 aromatic carbocycles. The van der Waals surface area contributed by atoms with Crippen LogP contribution in [0.25, 0.3) is 6.08 Å². The number of nitro groups is 1. The van der Waals surface area contributed by atoms with E-state index in [4.69, 9.17) is 16.7 Å². The largest absolute Gasteiger partial charge is 0.288 e. The molecule has 3 aromatic rings. The van der Waals surface area contributed by atoms with Gasteiger partial charge in [0.1, 0.15) is 5.02 Å². The minimum absolute atomic E-state index is 0.0119. The first-order valence-electron chi connectivity index (χ1n) is 11.4. The summed E-state index contributed by atoms with van der Waals surface area (Å²) in [6, 6.07) is 19.8. The number of benzene rings is 3. The van der Waals surface area contributed by atoms with E-state index in [9.17, 15) is 14.9 Å². The summed E-state index contributed by atoms with van der Waals surface area (Å²) in [6.07, 6.45) is 4.87. The van der Waals surface area contributed by atoms with Gasteiger partial charge in [-0.3, -0.25) is 14.9 Å². The van der Waals surface area contributed by atoms with Crippen molar-refractivity contribution in [2.75, 3.05) is 0 Å². The molecule has 5 rings (SSSR count). The van der Waals surface area contributed by atoms with Crippen LogP contribution in [0.3, 0.4) is 0 Å². The van der Waals surface area contributed by atoms with E-state index in [-0.39, 0.29) is 28.2 Å². The molecule has 36 heavy (non-hydrogen) atoms. The van der Waals surface area contributed by atoms with Crippen molar-refractivity contribution in [1.82, 2.24) is 5.01 Å². The molecular weight excluding hydrogens is 610 g/mol. The highest BCUT2D eigenvalue weighted by Gasteiger charge is 2.44. The van der Waals surface area contributed by atoms with Crippen molar-refractivity contribution < 1.29 is 9.72 Å². The zero-order chi connectivity index (χ0) is 25.4. The quantitative estimate of drug-likeness (QED) is 0.216. The molecule has 1 fully saturated rings. The predicted molar refractivity (Wildman–Crippen MR) is 148 cm³/mol. The Morgan fingerprint density at radius 1 is 1.06 bits per heavy atom. The van der Waals surface area contributed by atoms with E-state index < -0.39 is 10.8 Å². The van der Waals surface area contributed by atoms with Gasteiger partial charge >= 0.3 is 0 Å². The maximum atomic E-state index is 13.7. The number of allylic oxidation sites excluding steroid dienone is 1. The summed E-state index contributed by atoms with van der Waals surface area (Å²) < 4.78 is 1.95.